The summed E-state index contributed by atoms with van der Waals surface area (Å²) in [5.41, 5.74) is 0. The van der Waals surface area contributed by atoms with Crippen molar-refractivity contribution < 1.29 is 9.53 Å². The molecule has 0 aliphatic carbocycles. The zero-order valence-corrected chi connectivity index (χ0v) is 23.7. The fourth-order valence-corrected chi connectivity index (χ4v) is 3.85. The minimum Gasteiger partial charge on any atom is -0.463 e. The average molecular weight is 497 g/mol. The van der Waals surface area contributed by atoms with Crippen molar-refractivity contribution in [3.05, 3.63) is 72.9 Å². The molecule has 0 atom stereocenters. The number of rotatable bonds is 25. The molecule has 0 aliphatic rings. The molecule has 0 fully saturated rings. The summed E-state index contributed by atoms with van der Waals surface area (Å²) in [4.78, 5) is 11.7. The standard InChI is InChI=1S/C34H56O2/c1-3-5-7-9-11-13-15-16-17-18-19-20-21-22-23-24-26-28-30-32-34(35)36-33-31-29-27-25-14-12-10-8-6-4-2/h17-24,26,28,30,32H,3-16,25,27,29,31,33H2,1-2H3. The molecule has 0 aliphatic heterocycles. The van der Waals surface area contributed by atoms with Crippen LogP contribution < -0.4 is 0 Å². The van der Waals surface area contributed by atoms with Gasteiger partial charge in [0.25, 0.3) is 0 Å². The summed E-state index contributed by atoms with van der Waals surface area (Å²) in [6, 6.07) is 0. The SMILES string of the molecule is CCCCCCCCCC=CC=CC=CC=CC=CC=CC(=O)OCCCCCCCCCCCC. The average Bonchev–Trinajstić information content (AvgIpc) is 2.88. The summed E-state index contributed by atoms with van der Waals surface area (Å²) in [6.45, 7) is 5.05. The molecule has 2 heteroatoms. The molecule has 0 N–H and O–H groups in total. The first-order valence-corrected chi connectivity index (χ1v) is 15.0. The van der Waals surface area contributed by atoms with Gasteiger partial charge in [-0.3, -0.25) is 0 Å². The maximum Gasteiger partial charge on any atom is 0.330 e. The van der Waals surface area contributed by atoms with Gasteiger partial charge in [0, 0.05) is 6.08 Å². The van der Waals surface area contributed by atoms with Crippen LogP contribution in [0.5, 0.6) is 0 Å². The highest BCUT2D eigenvalue weighted by atomic mass is 16.5. The van der Waals surface area contributed by atoms with Gasteiger partial charge in [-0.1, -0.05) is 177 Å². The molecule has 2 nitrogen and oxygen atoms in total. The summed E-state index contributed by atoms with van der Waals surface area (Å²) in [5.74, 6) is -0.260. The van der Waals surface area contributed by atoms with Crippen LogP contribution in [0.2, 0.25) is 0 Å². The van der Waals surface area contributed by atoms with E-state index in [0.717, 1.165) is 12.8 Å². The number of carbonyl (C=O) groups is 1. The molecule has 0 bridgehead atoms. The third-order valence-electron chi connectivity index (χ3n) is 6.08. The van der Waals surface area contributed by atoms with Crippen LogP contribution in [0.4, 0.5) is 0 Å². The molecule has 0 heterocycles. The first-order valence-electron chi connectivity index (χ1n) is 15.0. The lowest BCUT2D eigenvalue weighted by Gasteiger charge is -2.03. The predicted molar refractivity (Wildman–Crippen MR) is 160 cm³/mol. The Bertz CT molecular complexity index is 634. The summed E-state index contributed by atoms with van der Waals surface area (Å²) < 4.78 is 5.25. The summed E-state index contributed by atoms with van der Waals surface area (Å²) in [5, 5.41) is 0. The Hall–Kier alpha value is -2.09. The van der Waals surface area contributed by atoms with Crippen LogP contribution in [0.3, 0.4) is 0 Å². The smallest absolute Gasteiger partial charge is 0.330 e. The van der Waals surface area contributed by atoms with E-state index >= 15 is 0 Å². The van der Waals surface area contributed by atoms with Gasteiger partial charge in [0.1, 0.15) is 0 Å². The van der Waals surface area contributed by atoms with Crippen molar-refractivity contribution in [3.63, 3.8) is 0 Å². The van der Waals surface area contributed by atoms with E-state index in [4.69, 9.17) is 4.74 Å². The fourth-order valence-electron chi connectivity index (χ4n) is 3.85. The molecular weight excluding hydrogens is 440 g/mol. The van der Waals surface area contributed by atoms with Gasteiger partial charge in [0.05, 0.1) is 6.61 Å². The van der Waals surface area contributed by atoms with E-state index in [2.05, 4.69) is 32.1 Å². The van der Waals surface area contributed by atoms with Gasteiger partial charge >= 0.3 is 5.97 Å². The first-order chi connectivity index (χ1) is 17.8. The van der Waals surface area contributed by atoms with Crippen LogP contribution in [-0.4, -0.2) is 12.6 Å². The van der Waals surface area contributed by atoms with Gasteiger partial charge in [-0.25, -0.2) is 4.79 Å². The van der Waals surface area contributed by atoms with Gasteiger partial charge < -0.3 is 4.74 Å². The highest BCUT2D eigenvalue weighted by Crippen LogP contribution is 2.11. The van der Waals surface area contributed by atoms with E-state index in [9.17, 15) is 4.79 Å². The van der Waals surface area contributed by atoms with E-state index in [0.29, 0.717) is 6.61 Å². The molecule has 0 saturated carbocycles. The molecule has 0 amide bonds. The lowest BCUT2D eigenvalue weighted by molar-refractivity contribution is -0.137. The van der Waals surface area contributed by atoms with Gasteiger partial charge in [0.15, 0.2) is 0 Å². The molecule has 0 unspecified atom stereocenters. The Morgan fingerprint density at radius 2 is 0.861 bits per heavy atom. The first kappa shape index (κ1) is 33.9. The molecule has 0 aromatic heterocycles. The van der Waals surface area contributed by atoms with Gasteiger partial charge in [-0.05, 0) is 19.3 Å². The van der Waals surface area contributed by atoms with Crippen LogP contribution >= 0.6 is 0 Å². The van der Waals surface area contributed by atoms with E-state index in [-0.39, 0.29) is 5.97 Å². The number of carbonyl (C=O) groups excluding carboxylic acids is 1. The highest BCUT2D eigenvalue weighted by Gasteiger charge is 1.96. The second-order valence-corrected chi connectivity index (χ2v) is 9.59. The van der Waals surface area contributed by atoms with E-state index in [1.807, 2.05) is 42.5 Å². The minimum absolute atomic E-state index is 0.260. The fraction of sp³-hybridized carbons (Fsp3) is 0.618. The van der Waals surface area contributed by atoms with E-state index in [1.165, 1.54) is 109 Å². The van der Waals surface area contributed by atoms with Crippen molar-refractivity contribution in [2.45, 2.75) is 129 Å². The molecule has 0 radical (unpaired) electrons. The summed E-state index contributed by atoms with van der Waals surface area (Å²) in [6.07, 6.45) is 46.9. The number of unbranched alkanes of at least 4 members (excludes halogenated alkanes) is 16. The molecule has 0 aromatic rings. The van der Waals surface area contributed by atoms with Gasteiger partial charge in [-0.15, -0.1) is 0 Å². The number of hydrogen-bond donors (Lipinski definition) is 0. The third kappa shape index (κ3) is 29.9. The summed E-state index contributed by atoms with van der Waals surface area (Å²) >= 11 is 0. The highest BCUT2D eigenvalue weighted by molar-refractivity contribution is 5.82. The Morgan fingerprint density at radius 3 is 1.36 bits per heavy atom. The molecular formula is C34H56O2. The van der Waals surface area contributed by atoms with E-state index in [1.54, 1.807) is 6.08 Å². The predicted octanol–water partition coefficient (Wildman–Crippen LogP) is 10.9. The van der Waals surface area contributed by atoms with Crippen molar-refractivity contribution in [1.82, 2.24) is 0 Å². The number of hydrogen-bond acceptors (Lipinski definition) is 2. The van der Waals surface area contributed by atoms with Crippen molar-refractivity contribution in [2.75, 3.05) is 6.61 Å². The van der Waals surface area contributed by atoms with E-state index < -0.39 is 0 Å². The van der Waals surface area contributed by atoms with Crippen molar-refractivity contribution in [1.29, 1.82) is 0 Å². The van der Waals surface area contributed by atoms with Crippen LogP contribution in [0, 0.1) is 0 Å². The molecule has 0 aromatic carbocycles. The zero-order chi connectivity index (χ0) is 26.2. The summed E-state index contributed by atoms with van der Waals surface area (Å²) in [7, 11) is 0. The lowest BCUT2D eigenvalue weighted by atomic mass is 10.1. The maximum atomic E-state index is 11.7. The second-order valence-electron chi connectivity index (χ2n) is 9.59. The van der Waals surface area contributed by atoms with Crippen LogP contribution in [-0.2, 0) is 9.53 Å². The Morgan fingerprint density at radius 1 is 0.472 bits per heavy atom. The normalized spacial score (nSPS) is 12.6. The molecule has 0 rings (SSSR count). The van der Waals surface area contributed by atoms with Gasteiger partial charge in [0.2, 0.25) is 0 Å². The number of allylic oxidation sites excluding steroid dienone is 11. The molecule has 0 saturated heterocycles. The number of ether oxygens (including phenoxy) is 1. The Kier molecular flexibility index (Phi) is 29.1. The second kappa shape index (κ2) is 30.9. The van der Waals surface area contributed by atoms with Crippen molar-refractivity contribution in [3.8, 4) is 0 Å². The molecule has 204 valence electrons. The third-order valence-corrected chi connectivity index (χ3v) is 6.08. The van der Waals surface area contributed by atoms with Crippen LogP contribution in [0.25, 0.3) is 0 Å². The largest absolute Gasteiger partial charge is 0.463 e. The van der Waals surface area contributed by atoms with Crippen molar-refractivity contribution >= 4 is 5.97 Å². The topological polar surface area (TPSA) is 26.3 Å². The Labute approximate surface area is 224 Å². The quantitative estimate of drug-likeness (QED) is 0.0543. The molecule has 0 spiro atoms. The maximum absolute atomic E-state index is 11.7. The molecule has 36 heavy (non-hydrogen) atoms. The van der Waals surface area contributed by atoms with Crippen LogP contribution in [0.15, 0.2) is 72.9 Å². The minimum atomic E-state index is -0.260. The van der Waals surface area contributed by atoms with Crippen molar-refractivity contribution in [2.24, 2.45) is 0 Å². The van der Waals surface area contributed by atoms with Crippen LogP contribution in [0.1, 0.15) is 129 Å². The van der Waals surface area contributed by atoms with Gasteiger partial charge in [-0.2, -0.15) is 0 Å². The monoisotopic (exact) mass is 496 g/mol. The Balaban J connectivity index is 3.60. The lowest BCUT2D eigenvalue weighted by Crippen LogP contribution is -2.02. The number of esters is 1. The zero-order valence-electron chi connectivity index (χ0n) is 23.7.